The molecule has 0 radical (unpaired) electrons. The van der Waals surface area contributed by atoms with Crippen LogP contribution in [0.25, 0.3) is 0 Å². The number of benzene rings is 2. The molecule has 0 aromatic heterocycles. The van der Waals surface area contributed by atoms with E-state index in [-0.39, 0.29) is 35.7 Å². The first-order chi connectivity index (χ1) is 26.5. The Morgan fingerprint density at radius 2 is 1.50 bits per heavy atom. The zero-order valence-electron chi connectivity index (χ0n) is 32.2. The minimum Gasteiger partial charge on any atom is -0.456 e. The van der Waals surface area contributed by atoms with Crippen molar-refractivity contribution in [3.63, 3.8) is 0 Å². The lowest BCUT2D eigenvalue weighted by Crippen LogP contribution is -2.81. The normalized spacial score (nSPS) is 36.3. The van der Waals surface area contributed by atoms with Crippen LogP contribution in [0.3, 0.4) is 0 Å². The maximum absolute atomic E-state index is 14.7. The molecule has 11 atom stereocenters. The molecular weight excluding hydrogens is 722 g/mol. The van der Waals surface area contributed by atoms with E-state index >= 15 is 0 Å². The van der Waals surface area contributed by atoms with Gasteiger partial charge in [0, 0.05) is 29.7 Å². The molecule has 13 heteroatoms. The third-order valence-electron chi connectivity index (χ3n) is 13.9. The average Bonchev–Trinajstić information content (AvgIpc) is 3.19. The molecule has 1 amide bonds. The molecule has 302 valence electrons. The van der Waals surface area contributed by atoms with Crippen molar-refractivity contribution in [2.75, 3.05) is 6.61 Å². The molecule has 56 heavy (non-hydrogen) atoms. The zero-order valence-corrected chi connectivity index (χ0v) is 32.2. The van der Waals surface area contributed by atoms with E-state index in [0.717, 1.165) is 19.3 Å². The summed E-state index contributed by atoms with van der Waals surface area (Å²) >= 11 is 0. The lowest BCUT2D eigenvalue weighted by atomic mass is 9.44. The number of amides is 1. The van der Waals surface area contributed by atoms with E-state index in [4.69, 9.17) is 14.2 Å². The number of aliphatic hydroxyl groups is 5. The summed E-state index contributed by atoms with van der Waals surface area (Å²) in [7, 11) is 0. The van der Waals surface area contributed by atoms with Gasteiger partial charge in [0.25, 0.3) is 5.91 Å². The Morgan fingerprint density at radius 3 is 2.09 bits per heavy atom. The van der Waals surface area contributed by atoms with E-state index in [1.54, 1.807) is 69.3 Å². The topological polar surface area (TPSA) is 209 Å². The fourth-order valence-corrected chi connectivity index (χ4v) is 10.5. The lowest BCUT2D eigenvalue weighted by molar-refractivity contribution is -0.343. The van der Waals surface area contributed by atoms with Gasteiger partial charge in [-0.1, -0.05) is 69.5 Å². The maximum Gasteiger partial charge on any atom is 0.338 e. The number of ether oxygens (including phenoxy) is 3. The number of aliphatic hydroxyl groups excluding tert-OH is 3. The molecule has 4 aliphatic carbocycles. The van der Waals surface area contributed by atoms with E-state index in [0.29, 0.717) is 18.4 Å². The molecule has 2 aromatic carbocycles. The van der Waals surface area contributed by atoms with Gasteiger partial charge in [0.1, 0.15) is 29.5 Å². The number of Topliss-reactive ketones (excluding diaryl/α,β-unsaturated/α-hetero) is 1. The standard InChI is InChI=1S/C43H53NO12/c1-23-27(55-39(51)33(47)31(24-14-8-5-9-15-24)44-37(49)25-16-10-6-11-17-25)21-43(53)36(56-38(50)26-18-12-7-13-19-26)34-41(4,28(45)20-29-42(34,52)22-54-29)35(48)32(46)30(23)40(43,2)3/h6-7,10-13,16-19,24,27-29,31-34,36,45-47,52-53H,5,8-9,14-15,20-22H2,1-4H3,(H,44,49)/t27?,28?,29?,31?,32?,33?,34?,36?,41-,42+,43?/m1/s1. The summed E-state index contributed by atoms with van der Waals surface area (Å²) in [4.78, 5) is 56.2. The molecule has 0 spiro atoms. The molecular formula is C43H53NO12. The Morgan fingerprint density at radius 1 is 0.893 bits per heavy atom. The van der Waals surface area contributed by atoms with Gasteiger partial charge in [-0.25, -0.2) is 9.59 Å². The van der Waals surface area contributed by atoms with Crippen LogP contribution in [0.4, 0.5) is 0 Å². The van der Waals surface area contributed by atoms with Gasteiger partial charge in [-0.2, -0.15) is 0 Å². The van der Waals surface area contributed by atoms with E-state index in [1.165, 1.54) is 19.1 Å². The number of carbonyl (C=O) groups is 4. The molecule has 9 unspecified atom stereocenters. The summed E-state index contributed by atoms with van der Waals surface area (Å²) in [5.74, 6) is -5.05. The summed E-state index contributed by atoms with van der Waals surface area (Å²) in [6.07, 6.45) is -5.93. The Hall–Kier alpha value is -3.98. The number of nitrogens with one attached hydrogen (secondary N) is 1. The minimum absolute atomic E-state index is 0.00337. The Kier molecular flexibility index (Phi) is 10.6. The molecule has 13 nitrogen and oxygen atoms in total. The van der Waals surface area contributed by atoms with E-state index in [1.807, 2.05) is 0 Å². The molecule has 5 aliphatic rings. The van der Waals surface area contributed by atoms with E-state index < -0.39 is 101 Å². The molecule has 3 saturated carbocycles. The quantitative estimate of drug-likeness (QED) is 0.169. The summed E-state index contributed by atoms with van der Waals surface area (Å²) in [5.41, 5.74) is -6.97. The summed E-state index contributed by atoms with van der Waals surface area (Å²) in [6.45, 7) is 5.82. The number of ketones is 1. The summed E-state index contributed by atoms with van der Waals surface area (Å²) < 4.78 is 18.0. The van der Waals surface area contributed by atoms with Crippen LogP contribution in [0.2, 0.25) is 0 Å². The first-order valence-electron chi connectivity index (χ1n) is 19.6. The van der Waals surface area contributed by atoms with Crippen molar-refractivity contribution in [3.05, 3.63) is 82.9 Å². The highest BCUT2D eigenvalue weighted by molar-refractivity contribution is 5.95. The first kappa shape index (κ1) is 40.2. The second-order valence-electron chi connectivity index (χ2n) is 17.2. The van der Waals surface area contributed by atoms with Crippen LogP contribution in [0.5, 0.6) is 0 Å². The number of hydrogen-bond acceptors (Lipinski definition) is 12. The van der Waals surface area contributed by atoms with Crippen molar-refractivity contribution in [3.8, 4) is 0 Å². The highest BCUT2D eigenvalue weighted by Crippen LogP contribution is 2.63. The van der Waals surface area contributed by atoms with E-state index in [9.17, 15) is 44.7 Å². The van der Waals surface area contributed by atoms with Crippen molar-refractivity contribution in [1.82, 2.24) is 5.32 Å². The van der Waals surface area contributed by atoms with Gasteiger partial charge in [-0.3, -0.25) is 9.59 Å². The van der Waals surface area contributed by atoms with Gasteiger partial charge in [-0.15, -0.1) is 0 Å². The number of hydrogen-bond donors (Lipinski definition) is 6. The van der Waals surface area contributed by atoms with Gasteiger partial charge in [0.15, 0.2) is 11.9 Å². The van der Waals surface area contributed by atoms with Gasteiger partial charge in [-0.05, 0) is 68.0 Å². The van der Waals surface area contributed by atoms with Gasteiger partial charge >= 0.3 is 11.9 Å². The van der Waals surface area contributed by atoms with Crippen LogP contribution in [-0.4, -0.2) is 110 Å². The monoisotopic (exact) mass is 775 g/mol. The van der Waals surface area contributed by atoms with Crippen molar-refractivity contribution in [1.29, 1.82) is 0 Å². The van der Waals surface area contributed by atoms with Crippen molar-refractivity contribution < 1.29 is 58.9 Å². The average molecular weight is 776 g/mol. The number of esters is 2. The SMILES string of the molecule is CC1=C2C(O)C(=O)[C@]3(C)C(O)CC4OC[C@@]4(O)C3C(OC(=O)c3ccccc3)C(O)(CC1OC(=O)C(O)C(NC(=O)c1ccccc1)C1CCCCC1)C2(C)C. The largest absolute Gasteiger partial charge is 0.456 e. The minimum atomic E-state index is -2.27. The number of carbonyl (C=O) groups excluding carboxylic acids is 4. The third-order valence-corrected chi connectivity index (χ3v) is 13.9. The highest BCUT2D eigenvalue weighted by Gasteiger charge is 2.76. The van der Waals surface area contributed by atoms with Crippen LogP contribution >= 0.6 is 0 Å². The molecule has 7 rings (SSSR count). The fraction of sp³-hybridized carbons (Fsp3) is 0.581. The molecule has 2 aromatic rings. The molecule has 1 saturated heterocycles. The smallest absolute Gasteiger partial charge is 0.338 e. The van der Waals surface area contributed by atoms with Crippen LogP contribution in [0.1, 0.15) is 93.4 Å². The van der Waals surface area contributed by atoms with Gasteiger partial charge in [0.2, 0.25) is 0 Å². The third kappa shape index (κ3) is 6.31. The predicted octanol–water partition coefficient (Wildman–Crippen LogP) is 2.80. The molecule has 6 N–H and O–H groups in total. The second kappa shape index (κ2) is 14.8. The fourth-order valence-electron chi connectivity index (χ4n) is 10.5. The number of fused-ring (bicyclic) bond motifs is 5. The Balaban J connectivity index is 1.30. The Labute approximate surface area is 326 Å². The van der Waals surface area contributed by atoms with Crippen molar-refractivity contribution in [2.45, 2.75) is 127 Å². The van der Waals surface area contributed by atoms with Crippen LogP contribution in [0, 0.1) is 22.7 Å². The van der Waals surface area contributed by atoms with E-state index in [2.05, 4.69) is 5.32 Å². The lowest BCUT2D eigenvalue weighted by Gasteiger charge is -2.66. The molecule has 4 fully saturated rings. The van der Waals surface area contributed by atoms with Gasteiger partial charge in [0.05, 0.1) is 35.8 Å². The molecule has 1 heterocycles. The summed E-state index contributed by atoms with van der Waals surface area (Å²) in [5, 5.41) is 63.9. The van der Waals surface area contributed by atoms with Crippen molar-refractivity contribution >= 4 is 23.6 Å². The number of rotatable bonds is 8. The van der Waals surface area contributed by atoms with Gasteiger partial charge < -0.3 is 45.1 Å². The second-order valence-corrected chi connectivity index (χ2v) is 17.2. The highest BCUT2D eigenvalue weighted by atomic mass is 16.6. The predicted molar refractivity (Wildman–Crippen MR) is 200 cm³/mol. The van der Waals surface area contributed by atoms with Crippen LogP contribution < -0.4 is 5.32 Å². The van der Waals surface area contributed by atoms with Crippen molar-refractivity contribution in [2.24, 2.45) is 22.7 Å². The Bertz CT molecular complexity index is 1880. The van der Waals surface area contributed by atoms with Crippen LogP contribution in [0.15, 0.2) is 71.8 Å². The molecule has 1 aliphatic heterocycles. The van der Waals surface area contributed by atoms with Crippen LogP contribution in [-0.2, 0) is 23.8 Å². The summed E-state index contributed by atoms with van der Waals surface area (Å²) in [6, 6.07) is 15.4. The zero-order chi connectivity index (χ0) is 40.4. The first-order valence-corrected chi connectivity index (χ1v) is 19.6. The maximum atomic E-state index is 14.7. The molecule has 2 bridgehead atoms.